The molecular weight excluding hydrogens is 274 g/mol. The van der Waals surface area contributed by atoms with E-state index in [2.05, 4.69) is 13.0 Å². The molecule has 4 aliphatic carbocycles. The lowest BCUT2D eigenvalue weighted by Gasteiger charge is -2.54. The summed E-state index contributed by atoms with van der Waals surface area (Å²) in [5.74, 6) is 2.70. The minimum Gasteiger partial charge on any atom is -0.375 e. The molecule has 6 atom stereocenters. The third kappa shape index (κ3) is 1.74. The summed E-state index contributed by atoms with van der Waals surface area (Å²) in [6.45, 7) is 2.15. The molecule has 4 rings (SSSR count). The second-order valence-corrected chi connectivity index (χ2v) is 8.27. The average molecular weight is 299 g/mol. The number of hydrogen-bond acceptors (Lipinski definition) is 3. The fraction of sp³-hybridized carbons (Fsp3) is 0.789. The first-order valence-electron chi connectivity index (χ1n) is 8.85. The number of rotatable bonds is 0. The van der Waals surface area contributed by atoms with E-state index in [0.29, 0.717) is 42.3 Å². The highest BCUT2D eigenvalue weighted by atomic mass is 16.3. The Hall–Kier alpha value is -1.14. The van der Waals surface area contributed by atoms with Gasteiger partial charge in [0.2, 0.25) is 0 Å². The van der Waals surface area contributed by atoms with Gasteiger partial charge in [-0.1, -0.05) is 12.5 Å². The summed E-state index contributed by atoms with van der Waals surface area (Å²) in [4.78, 5) is 11.7. The number of carbonyl (C=O) groups is 1. The molecule has 0 radical (unpaired) electrons. The fourth-order valence-electron chi connectivity index (χ4n) is 6.38. The quantitative estimate of drug-likeness (QED) is 0.697. The first kappa shape index (κ1) is 14.5. The van der Waals surface area contributed by atoms with E-state index in [-0.39, 0.29) is 5.41 Å². The van der Waals surface area contributed by atoms with Crippen molar-refractivity contribution in [3.63, 3.8) is 0 Å². The number of nitriles is 1. The third-order valence-electron chi connectivity index (χ3n) is 7.64. The number of aliphatic hydroxyl groups is 1. The van der Waals surface area contributed by atoms with Crippen molar-refractivity contribution in [3.05, 3.63) is 11.6 Å². The molecule has 3 saturated carbocycles. The molecule has 0 spiro atoms. The van der Waals surface area contributed by atoms with Gasteiger partial charge in [-0.2, -0.15) is 5.26 Å². The standard InChI is InChI=1S/C19H25NO2/c1-18-8-6-15-14-5-3-13(21)10-12(14)2-4-16(15)17(18)7-9-19(18,22)11-20/h10,14-17,22H,2-9H2,1H3/t14?,15?,16?,17?,18-,19-/m0/s1. The number of nitrogens with zero attached hydrogens (tertiary/aromatic N) is 1. The van der Waals surface area contributed by atoms with Crippen LogP contribution in [-0.4, -0.2) is 16.5 Å². The van der Waals surface area contributed by atoms with Crippen LogP contribution < -0.4 is 0 Å². The van der Waals surface area contributed by atoms with E-state index in [4.69, 9.17) is 0 Å². The minimum atomic E-state index is -1.12. The van der Waals surface area contributed by atoms with Crippen LogP contribution in [0.3, 0.4) is 0 Å². The van der Waals surface area contributed by atoms with Gasteiger partial charge >= 0.3 is 0 Å². The van der Waals surface area contributed by atoms with Crippen LogP contribution in [0.4, 0.5) is 0 Å². The lowest BCUT2D eigenvalue weighted by molar-refractivity contribution is -0.116. The average Bonchev–Trinajstić information content (AvgIpc) is 2.79. The zero-order chi connectivity index (χ0) is 15.5. The van der Waals surface area contributed by atoms with Crippen LogP contribution in [-0.2, 0) is 4.79 Å². The first-order chi connectivity index (χ1) is 10.5. The molecule has 22 heavy (non-hydrogen) atoms. The predicted octanol–water partition coefficient (Wildman–Crippen LogP) is 3.38. The lowest BCUT2D eigenvalue weighted by atomic mass is 9.51. The Bertz CT molecular complexity index is 589. The topological polar surface area (TPSA) is 61.1 Å². The summed E-state index contributed by atoms with van der Waals surface area (Å²) < 4.78 is 0. The molecule has 0 aromatic heterocycles. The SMILES string of the molecule is C[C@]12CCC3C4CCC(=O)C=C4CCC3C1CC[C@]2(O)C#N. The van der Waals surface area contributed by atoms with E-state index in [1.807, 2.05) is 6.08 Å². The monoisotopic (exact) mass is 299 g/mol. The Morgan fingerprint density at radius 1 is 1.18 bits per heavy atom. The van der Waals surface area contributed by atoms with Crippen LogP contribution in [0.1, 0.15) is 58.3 Å². The molecule has 0 heterocycles. The molecule has 3 fully saturated rings. The Labute approximate surface area is 132 Å². The van der Waals surface area contributed by atoms with Gasteiger partial charge < -0.3 is 5.11 Å². The summed E-state index contributed by atoms with van der Waals surface area (Å²) >= 11 is 0. The van der Waals surface area contributed by atoms with E-state index in [0.717, 1.165) is 38.5 Å². The van der Waals surface area contributed by atoms with Gasteiger partial charge in [0.25, 0.3) is 0 Å². The van der Waals surface area contributed by atoms with Crippen molar-refractivity contribution in [3.8, 4) is 6.07 Å². The van der Waals surface area contributed by atoms with Crippen LogP contribution in [0.25, 0.3) is 0 Å². The molecule has 3 nitrogen and oxygen atoms in total. The second kappa shape index (κ2) is 4.68. The van der Waals surface area contributed by atoms with Gasteiger partial charge in [0.05, 0.1) is 6.07 Å². The van der Waals surface area contributed by atoms with Crippen LogP contribution >= 0.6 is 0 Å². The highest BCUT2D eigenvalue weighted by Gasteiger charge is 2.62. The molecule has 3 heteroatoms. The van der Waals surface area contributed by atoms with Crippen LogP contribution in [0.15, 0.2) is 11.6 Å². The van der Waals surface area contributed by atoms with Crippen molar-refractivity contribution in [2.45, 2.75) is 63.9 Å². The van der Waals surface area contributed by atoms with Crippen molar-refractivity contribution in [2.75, 3.05) is 0 Å². The summed E-state index contributed by atoms with van der Waals surface area (Å²) in [5, 5.41) is 20.3. The van der Waals surface area contributed by atoms with Gasteiger partial charge in [-0.25, -0.2) is 0 Å². The van der Waals surface area contributed by atoms with Crippen LogP contribution in [0.2, 0.25) is 0 Å². The molecule has 118 valence electrons. The van der Waals surface area contributed by atoms with Crippen molar-refractivity contribution >= 4 is 5.78 Å². The zero-order valence-electron chi connectivity index (χ0n) is 13.3. The molecule has 0 aliphatic heterocycles. The van der Waals surface area contributed by atoms with Crippen molar-refractivity contribution in [1.82, 2.24) is 0 Å². The number of allylic oxidation sites excluding steroid dienone is 1. The molecule has 0 bridgehead atoms. The normalized spacial score (nSPS) is 50.4. The van der Waals surface area contributed by atoms with Gasteiger partial charge in [-0.05, 0) is 74.7 Å². The number of ketones is 1. The Balaban J connectivity index is 1.65. The van der Waals surface area contributed by atoms with Crippen LogP contribution in [0.5, 0.6) is 0 Å². The summed E-state index contributed by atoms with van der Waals surface area (Å²) in [5.41, 5.74) is 0.0465. The van der Waals surface area contributed by atoms with Gasteiger partial charge in [-0.15, -0.1) is 0 Å². The summed E-state index contributed by atoms with van der Waals surface area (Å²) in [6, 6.07) is 2.24. The largest absolute Gasteiger partial charge is 0.375 e. The van der Waals surface area contributed by atoms with Gasteiger partial charge in [-0.3, -0.25) is 4.79 Å². The van der Waals surface area contributed by atoms with Gasteiger partial charge in [0.15, 0.2) is 11.4 Å². The third-order valence-corrected chi connectivity index (χ3v) is 7.64. The highest BCUT2D eigenvalue weighted by molar-refractivity contribution is 5.91. The summed E-state index contributed by atoms with van der Waals surface area (Å²) in [7, 11) is 0. The second-order valence-electron chi connectivity index (χ2n) is 8.27. The molecule has 0 saturated heterocycles. The van der Waals surface area contributed by atoms with E-state index >= 15 is 0 Å². The van der Waals surface area contributed by atoms with Crippen molar-refractivity contribution in [1.29, 1.82) is 5.26 Å². The fourth-order valence-corrected chi connectivity index (χ4v) is 6.38. The smallest absolute Gasteiger partial charge is 0.156 e. The maximum atomic E-state index is 11.7. The molecule has 1 N–H and O–H groups in total. The van der Waals surface area contributed by atoms with E-state index in [1.165, 1.54) is 5.57 Å². The van der Waals surface area contributed by atoms with Crippen LogP contribution in [0, 0.1) is 40.4 Å². The zero-order valence-corrected chi connectivity index (χ0v) is 13.3. The van der Waals surface area contributed by atoms with Gasteiger partial charge in [0.1, 0.15) is 0 Å². The van der Waals surface area contributed by atoms with E-state index in [9.17, 15) is 15.2 Å². The molecule has 0 amide bonds. The van der Waals surface area contributed by atoms with E-state index < -0.39 is 5.60 Å². The summed E-state index contributed by atoms with van der Waals surface area (Å²) in [6.07, 6.45) is 9.56. The molecule has 4 aliphatic rings. The van der Waals surface area contributed by atoms with Crippen molar-refractivity contribution in [2.24, 2.45) is 29.1 Å². The molecule has 4 unspecified atom stereocenters. The van der Waals surface area contributed by atoms with E-state index in [1.54, 1.807) is 0 Å². The first-order valence-corrected chi connectivity index (χ1v) is 8.85. The predicted molar refractivity (Wildman–Crippen MR) is 82.7 cm³/mol. The number of carbonyl (C=O) groups excluding carboxylic acids is 1. The minimum absolute atomic E-state index is 0.228. The number of hydrogen-bond donors (Lipinski definition) is 1. The van der Waals surface area contributed by atoms with Crippen molar-refractivity contribution < 1.29 is 9.90 Å². The number of fused-ring (bicyclic) bond motifs is 5. The molecule has 0 aromatic carbocycles. The van der Waals surface area contributed by atoms with Gasteiger partial charge in [0, 0.05) is 11.8 Å². The maximum absolute atomic E-state index is 11.7. The Morgan fingerprint density at radius 3 is 2.77 bits per heavy atom. The Kier molecular flexibility index (Phi) is 3.07. The molecule has 0 aromatic rings. The molecular formula is C19H25NO2. The lowest BCUT2D eigenvalue weighted by Crippen LogP contribution is -2.52. The Morgan fingerprint density at radius 2 is 2.00 bits per heavy atom. The highest BCUT2D eigenvalue weighted by Crippen LogP contribution is 2.64. The maximum Gasteiger partial charge on any atom is 0.156 e.